The lowest BCUT2D eigenvalue weighted by Crippen LogP contribution is -2.61. The highest BCUT2D eigenvalue weighted by molar-refractivity contribution is 5.83. The van der Waals surface area contributed by atoms with Crippen molar-refractivity contribution < 1.29 is 9.59 Å². The molecule has 1 saturated heterocycles. The standard InChI is InChI=1S/C20H34N2O2/c1-14(2)9-18(23)22-7-5-21(6-8-22)17-12-20(13-17)10-16(11-20)19(24)15(3)4/h14-17H,5-13H2,1-4H3. The molecule has 24 heavy (non-hydrogen) atoms. The predicted octanol–water partition coefficient (Wildman–Crippen LogP) is 2.96. The molecule has 3 fully saturated rings. The normalized spacial score (nSPS) is 33.7. The van der Waals surface area contributed by atoms with Crippen LogP contribution in [-0.2, 0) is 9.59 Å². The molecule has 4 nitrogen and oxygen atoms in total. The van der Waals surface area contributed by atoms with Crippen LogP contribution < -0.4 is 0 Å². The maximum atomic E-state index is 12.2. The van der Waals surface area contributed by atoms with E-state index in [9.17, 15) is 9.59 Å². The van der Waals surface area contributed by atoms with Crippen LogP contribution in [0.1, 0.15) is 59.8 Å². The minimum atomic E-state index is 0.194. The molecule has 0 aromatic carbocycles. The van der Waals surface area contributed by atoms with Gasteiger partial charge in [-0.25, -0.2) is 0 Å². The molecule has 0 atom stereocenters. The van der Waals surface area contributed by atoms with Crippen molar-refractivity contribution in [1.82, 2.24) is 9.80 Å². The van der Waals surface area contributed by atoms with Crippen molar-refractivity contribution in [2.45, 2.75) is 65.8 Å². The summed E-state index contributed by atoms with van der Waals surface area (Å²) in [5, 5.41) is 0. The van der Waals surface area contributed by atoms with Crippen LogP contribution >= 0.6 is 0 Å². The number of hydrogen-bond acceptors (Lipinski definition) is 3. The topological polar surface area (TPSA) is 40.6 Å². The van der Waals surface area contributed by atoms with Crippen LogP contribution in [0.25, 0.3) is 0 Å². The van der Waals surface area contributed by atoms with Crippen LogP contribution in [0, 0.1) is 23.2 Å². The van der Waals surface area contributed by atoms with Gasteiger partial charge in [-0.3, -0.25) is 14.5 Å². The third-order valence-electron chi connectivity index (χ3n) is 6.43. The van der Waals surface area contributed by atoms with E-state index < -0.39 is 0 Å². The number of ketones is 1. The first-order chi connectivity index (χ1) is 11.3. The molecule has 2 saturated carbocycles. The SMILES string of the molecule is CC(C)CC(=O)N1CCN(C2CC3(CC(C(=O)C(C)C)C3)C2)CC1. The van der Waals surface area contributed by atoms with Gasteiger partial charge in [0.15, 0.2) is 0 Å². The Morgan fingerprint density at radius 2 is 1.54 bits per heavy atom. The van der Waals surface area contributed by atoms with Gasteiger partial charge in [-0.2, -0.15) is 0 Å². The number of nitrogens with zero attached hydrogens (tertiary/aromatic N) is 2. The number of carbonyl (C=O) groups excluding carboxylic acids is 2. The fourth-order valence-electron chi connectivity index (χ4n) is 5.00. The summed E-state index contributed by atoms with van der Waals surface area (Å²) in [5.41, 5.74) is 0.491. The minimum absolute atomic E-state index is 0.194. The molecule has 0 aromatic heterocycles. The number of rotatable bonds is 5. The summed E-state index contributed by atoms with van der Waals surface area (Å²) >= 11 is 0. The van der Waals surface area contributed by atoms with E-state index in [1.807, 2.05) is 18.7 Å². The third kappa shape index (κ3) is 3.54. The second-order valence-corrected chi connectivity index (χ2v) is 9.24. The Hall–Kier alpha value is -0.900. The van der Waals surface area contributed by atoms with Gasteiger partial charge in [-0.15, -0.1) is 0 Å². The van der Waals surface area contributed by atoms with Gasteiger partial charge in [0.1, 0.15) is 5.78 Å². The highest BCUT2D eigenvalue weighted by Gasteiger charge is 2.55. The first kappa shape index (κ1) is 17.9. The molecule has 0 radical (unpaired) electrons. The average molecular weight is 335 g/mol. The minimum Gasteiger partial charge on any atom is -0.340 e. The fourth-order valence-corrected chi connectivity index (χ4v) is 5.00. The smallest absolute Gasteiger partial charge is 0.222 e. The van der Waals surface area contributed by atoms with Crippen molar-refractivity contribution in [2.24, 2.45) is 23.2 Å². The molecule has 136 valence electrons. The number of hydrogen-bond donors (Lipinski definition) is 0. The Labute approximate surface area is 146 Å². The quantitative estimate of drug-likeness (QED) is 0.776. The van der Waals surface area contributed by atoms with Crippen LogP contribution in [0.15, 0.2) is 0 Å². The van der Waals surface area contributed by atoms with Crippen LogP contribution in [0.2, 0.25) is 0 Å². The van der Waals surface area contributed by atoms with Crippen LogP contribution in [0.5, 0.6) is 0 Å². The van der Waals surface area contributed by atoms with Gasteiger partial charge in [-0.05, 0) is 37.0 Å². The van der Waals surface area contributed by atoms with Crippen molar-refractivity contribution >= 4 is 11.7 Å². The summed E-state index contributed by atoms with van der Waals surface area (Å²) < 4.78 is 0. The summed E-state index contributed by atoms with van der Waals surface area (Å²) in [4.78, 5) is 28.9. The zero-order valence-corrected chi connectivity index (χ0v) is 15.9. The molecule has 1 amide bonds. The van der Waals surface area contributed by atoms with Gasteiger partial charge in [0.2, 0.25) is 5.91 Å². The lowest BCUT2D eigenvalue weighted by atomic mass is 9.48. The molecule has 4 heteroatoms. The van der Waals surface area contributed by atoms with E-state index in [0.717, 1.165) is 39.0 Å². The Kier molecular flexibility index (Phi) is 5.06. The van der Waals surface area contributed by atoms with Crippen LogP contribution in [0.4, 0.5) is 0 Å². The molecule has 2 aliphatic carbocycles. The molecule has 0 bridgehead atoms. The van der Waals surface area contributed by atoms with Gasteiger partial charge >= 0.3 is 0 Å². The first-order valence-corrected chi connectivity index (χ1v) is 9.85. The van der Waals surface area contributed by atoms with Gasteiger partial charge in [-0.1, -0.05) is 27.7 Å². The van der Waals surface area contributed by atoms with Crippen molar-refractivity contribution in [3.05, 3.63) is 0 Å². The summed E-state index contributed by atoms with van der Waals surface area (Å²) in [6.07, 6.45) is 5.49. The first-order valence-electron chi connectivity index (χ1n) is 9.85. The number of carbonyl (C=O) groups is 2. The summed E-state index contributed by atoms with van der Waals surface area (Å²) in [5.74, 6) is 1.78. The molecule has 0 N–H and O–H groups in total. The summed E-state index contributed by atoms with van der Waals surface area (Å²) in [7, 11) is 0. The van der Waals surface area contributed by atoms with E-state index in [-0.39, 0.29) is 5.92 Å². The number of piperazine rings is 1. The van der Waals surface area contributed by atoms with E-state index >= 15 is 0 Å². The number of Topliss-reactive ketones (excluding diaryl/α,β-unsaturated/α-hetero) is 1. The molecule has 3 rings (SSSR count). The summed E-state index contributed by atoms with van der Waals surface area (Å²) in [6, 6.07) is 0.697. The monoisotopic (exact) mass is 334 g/mol. The highest BCUT2D eigenvalue weighted by atomic mass is 16.2. The maximum Gasteiger partial charge on any atom is 0.222 e. The molecule has 1 spiro atoms. The second-order valence-electron chi connectivity index (χ2n) is 9.24. The summed E-state index contributed by atoms with van der Waals surface area (Å²) in [6.45, 7) is 12.1. The fraction of sp³-hybridized carbons (Fsp3) is 0.900. The molecular weight excluding hydrogens is 300 g/mol. The van der Waals surface area contributed by atoms with E-state index in [1.165, 1.54) is 12.8 Å². The maximum absolute atomic E-state index is 12.2. The largest absolute Gasteiger partial charge is 0.340 e. The van der Waals surface area contributed by atoms with Gasteiger partial charge in [0, 0.05) is 50.5 Å². The van der Waals surface area contributed by atoms with Crippen LogP contribution in [0.3, 0.4) is 0 Å². The molecular formula is C20H34N2O2. The van der Waals surface area contributed by atoms with Crippen molar-refractivity contribution in [3.63, 3.8) is 0 Å². The Bertz CT molecular complexity index is 478. The van der Waals surface area contributed by atoms with Gasteiger partial charge in [0.05, 0.1) is 0 Å². The van der Waals surface area contributed by atoms with Crippen molar-refractivity contribution in [3.8, 4) is 0 Å². The Morgan fingerprint density at radius 1 is 0.958 bits per heavy atom. The van der Waals surface area contributed by atoms with E-state index in [2.05, 4.69) is 18.7 Å². The van der Waals surface area contributed by atoms with Gasteiger partial charge < -0.3 is 4.90 Å². The van der Waals surface area contributed by atoms with Crippen LogP contribution in [-0.4, -0.2) is 53.7 Å². The molecule has 0 unspecified atom stereocenters. The van der Waals surface area contributed by atoms with E-state index in [4.69, 9.17) is 0 Å². The lowest BCUT2D eigenvalue weighted by Gasteiger charge is -2.60. The lowest BCUT2D eigenvalue weighted by molar-refractivity contribution is -0.146. The molecule has 3 aliphatic rings. The second kappa shape index (κ2) is 6.78. The Morgan fingerprint density at radius 3 is 2.04 bits per heavy atom. The van der Waals surface area contributed by atoms with E-state index in [1.54, 1.807) is 0 Å². The third-order valence-corrected chi connectivity index (χ3v) is 6.43. The van der Waals surface area contributed by atoms with Crippen molar-refractivity contribution in [1.29, 1.82) is 0 Å². The molecule has 0 aromatic rings. The Balaban J connectivity index is 1.38. The van der Waals surface area contributed by atoms with Crippen molar-refractivity contribution in [2.75, 3.05) is 26.2 Å². The number of amides is 1. The zero-order chi connectivity index (χ0) is 17.5. The predicted molar refractivity (Wildman–Crippen MR) is 95.6 cm³/mol. The zero-order valence-electron chi connectivity index (χ0n) is 15.9. The van der Waals surface area contributed by atoms with E-state index in [0.29, 0.717) is 41.4 Å². The van der Waals surface area contributed by atoms with Gasteiger partial charge in [0.25, 0.3) is 0 Å². The molecule has 1 aliphatic heterocycles. The molecule has 1 heterocycles. The highest BCUT2D eigenvalue weighted by Crippen LogP contribution is 2.60. The average Bonchev–Trinajstić information content (AvgIpc) is 2.43.